The van der Waals surface area contributed by atoms with Crippen LogP contribution in [0.25, 0.3) is 11.0 Å². The van der Waals surface area contributed by atoms with E-state index in [0.717, 1.165) is 11.3 Å². The number of para-hydroxylation sites is 1. The first-order valence-electron chi connectivity index (χ1n) is 7.64. The molecule has 1 saturated heterocycles. The van der Waals surface area contributed by atoms with Crippen molar-refractivity contribution < 1.29 is 4.42 Å². The van der Waals surface area contributed by atoms with Crippen LogP contribution in [0.5, 0.6) is 0 Å². The van der Waals surface area contributed by atoms with Crippen molar-refractivity contribution in [2.75, 3.05) is 18.6 Å². The third-order valence-corrected chi connectivity index (χ3v) is 7.55. The minimum absolute atomic E-state index is 0.291. The summed E-state index contributed by atoms with van der Waals surface area (Å²) in [7, 11) is 2.05. The lowest BCUT2D eigenvalue weighted by molar-refractivity contribution is 0.434. The van der Waals surface area contributed by atoms with Crippen LogP contribution in [0, 0.1) is 6.92 Å². The summed E-state index contributed by atoms with van der Waals surface area (Å²) < 4.78 is 6.21. The second-order valence-electron chi connectivity index (χ2n) is 5.56. The number of furan rings is 1. The number of thioether (sulfide) groups is 2. The second-order valence-corrected chi connectivity index (χ2v) is 8.19. The molecular weight excluding hydrogens is 298 g/mol. The molecule has 1 aliphatic heterocycles. The smallest absolute Gasteiger partial charge is 0.137 e. The number of hydrogen-bond acceptors (Lipinski definition) is 4. The van der Waals surface area contributed by atoms with Gasteiger partial charge in [0.2, 0.25) is 0 Å². The number of aryl methyl sites for hydroxylation is 1. The van der Waals surface area contributed by atoms with E-state index < -0.39 is 0 Å². The van der Waals surface area contributed by atoms with E-state index in [1.807, 2.05) is 0 Å². The van der Waals surface area contributed by atoms with E-state index in [4.69, 9.17) is 4.42 Å². The Morgan fingerprint density at radius 3 is 2.86 bits per heavy atom. The molecular formula is C17H23NOS2. The molecule has 0 radical (unpaired) electrons. The molecule has 2 heterocycles. The predicted molar refractivity (Wildman–Crippen MR) is 95.5 cm³/mol. The lowest BCUT2D eigenvalue weighted by Gasteiger charge is -2.34. The van der Waals surface area contributed by atoms with Gasteiger partial charge in [0.25, 0.3) is 0 Å². The third kappa shape index (κ3) is 2.99. The average molecular weight is 322 g/mol. The molecule has 21 heavy (non-hydrogen) atoms. The molecule has 4 heteroatoms. The molecule has 3 atom stereocenters. The molecule has 114 valence electrons. The van der Waals surface area contributed by atoms with E-state index in [1.54, 1.807) is 0 Å². The first-order valence-corrected chi connectivity index (χ1v) is 9.74. The standard InChI is InChI=1S/C17H23NOS2/c1-4-14-17(21-9-8-20-14)15(18-3)13-10-12-7-5-6-11(2)16(12)19-13/h5-7,10,14-15,17-18H,4,8-9H2,1-3H3. The van der Waals surface area contributed by atoms with Gasteiger partial charge >= 0.3 is 0 Å². The fourth-order valence-corrected chi connectivity index (χ4v) is 6.37. The second kappa shape index (κ2) is 6.67. The number of rotatable bonds is 4. The quantitative estimate of drug-likeness (QED) is 0.887. The number of benzene rings is 1. The first-order chi connectivity index (χ1) is 10.2. The summed E-state index contributed by atoms with van der Waals surface area (Å²) in [4.78, 5) is 0. The fraction of sp³-hybridized carbons (Fsp3) is 0.529. The zero-order valence-corrected chi connectivity index (χ0v) is 14.5. The maximum absolute atomic E-state index is 6.21. The van der Waals surface area contributed by atoms with Gasteiger partial charge in [0, 0.05) is 27.4 Å². The molecule has 3 unspecified atom stereocenters. The van der Waals surface area contributed by atoms with Gasteiger partial charge < -0.3 is 9.73 Å². The average Bonchev–Trinajstić information content (AvgIpc) is 2.94. The minimum Gasteiger partial charge on any atom is -0.459 e. The van der Waals surface area contributed by atoms with E-state index >= 15 is 0 Å². The Bertz CT molecular complexity index is 610. The molecule has 0 spiro atoms. The van der Waals surface area contributed by atoms with E-state index in [-0.39, 0.29) is 0 Å². The molecule has 1 aromatic carbocycles. The van der Waals surface area contributed by atoms with Crippen LogP contribution >= 0.6 is 23.5 Å². The highest BCUT2D eigenvalue weighted by Gasteiger charge is 2.34. The summed E-state index contributed by atoms with van der Waals surface area (Å²) in [6.45, 7) is 4.41. The van der Waals surface area contributed by atoms with Gasteiger partial charge in [-0.3, -0.25) is 0 Å². The van der Waals surface area contributed by atoms with Crippen molar-refractivity contribution in [3.8, 4) is 0 Å². The first kappa shape index (κ1) is 15.3. The molecule has 1 aliphatic rings. The maximum Gasteiger partial charge on any atom is 0.137 e. The van der Waals surface area contributed by atoms with Crippen LogP contribution in [0.15, 0.2) is 28.7 Å². The summed E-state index contributed by atoms with van der Waals surface area (Å²) in [6.07, 6.45) is 1.22. The van der Waals surface area contributed by atoms with Gasteiger partial charge in [-0.1, -0.05) is 25.1 Å². The molecule has 0 aliphatic carbocycles. The van der Waals surface area contributed by atoms with Crippen molar-refractivity contribution in [1.82, 2.24) is 5.32 Å². The van der Waals surface area contributed by atoms with Crippen molar-refractivity contribution in [2.45, 2.75) is 36.8 Å². The van der Waals surface area contributed by atoms with Crippen molar-refractivity contribution in [3.05, 3.63) is 35.6 Å². The normalized spacial score (nSPS) is 24.3. The molecule has 0 bridgehead atoms. The van der Waals surface area contributed by atoms with E-state index in [9.17, 15) is 0 Å². The number of nitrogens with one attached hydrogen (secondary N) is 1. The number of hydrogen-bond donors (Lipinski definition) is 1. The van der Waals surface area contributed by atoms with Crippen molar-refractivity contribution >= 4 is 34.5 Å². The van der Waals surface area contributed by atoms with Crippen LogP contribution in [0.4, 0.5) is 0 Å². The van der Waals surface area contributed by atoms with Gasteiger partial charge in [-0.2, -0.15) is 23.5 Å². The van der Waals surface area contributed by atoms with E-state index in [1.165, 1.54) is 28.9 Å². The Balaban J connectivity index is 1.95. The Hall–Kier alpha value is -0.580. The highest BCUT2D eigenvalue weighted by atomic mass is 32.2. The topological polar surface area (TPSA) is 25.2 Å². The van der Waals surface area contributed by atoms with Crippen LogP contribution in [0.1, 0.15) is 30.7 Å². The predicted octanol–water partition coefficient (Wildman–Crippen LogP) is 4.63. The molecule has 3 rings (SSSR count). The summed E-state index contributed by atoms with van der Waals surface area (Å²) >= 11 is 4.21. The van der Waals surface area contributed by atoms with Gasteiger partial charge in [-0.25, -0.2) is 0 Å². The van der Waals surface area contributed by atoms with E-state index in [2.05, 4.69) is 74.0 Å². The molecule has 0 saturated carbocycles. The van der Waals surface area contributed by atoms with Crippen molar-refractivity contribution in [3.63, 3.8) is 0 Å². The molecule has 1 N–H and O–H groups in total. The summed E-state index contributed by atoms with van der Waals surface area (Å²) in [5.41, 5.74) is 2.25. The van der Waals surface area contributed by atoms with Crippen LogP contribution in [-0.4, -0.2) is 29.1 Å². The molecule has 2 nitrogen and oxygen atoms in total. The Morgan fingerprint density at radius 1 is 1.33 bits per heavy atom. The minimum atomic E-state index is 0.291. The van der Waals surface area contributed by atoms with Gasteiger partial charge in [-0.15, -0.1) is 0 Å². The Morgan fingerprint density at radius 2 is 2.14 bits per heavy atom. The van der Waals surface area contributed by atoms with Crippen LogP contribution < -0.4 is 5.32 Å². The molecule has 1 aromatic heterocycles. The van der Waals surface area contributed by atoms with Gasteiger partial charge in [0.05, 0.1) is 6.04 Å². The molecule has 0 amide bonds. The largest absolute Gasteiger partial charge is 0.459 e. The molecule has 2 aromatic rings. The van der Waals surface area contributed by atoms with Crippen LogP contribution in [0.2, 0.25) is 0 Å². The monoisotopic (exact) mass is 321 g/mol. The van der Waals surface area contributed by atoms with Gasteiger partial charge in [0.15, 0.2) is 0 Å². The highest BCUT2D eigenvalue weighted by Crippen LogP contribution is 2.41. The summed E-state index contributed by atoms with van der Waals surface area (Å²) in [5.74, 6) is 3.60. The van der Waals surface area contributed by atoms with Gasteiger partial charge in [0.1, 0.15) is 11.3 Å². The van der Waals surface area contributed by atoms with Crippen molar-refractivity contribution in [1.29, 1.82) is 0 Å². The summed E-state index contributed by atoms with van der Waals surface area (Å²) in [6, 6.07) is 8.87. The Kier molecular flexibility index (Phi) is 4.87. The SMILES string of the molecule is CCC1SCCSC1C(NC)c1cc2cccc(C)c2o1. The third-order valence-electron chi connectivity index (χ3n) is 4.20. The lowest BCUT2D eigenvalue weighted by atomic mass is 10.1. The van der Waals surface area contributed by atoms with Crippen LogP contribution in [0.3, 0.4) is 0 Å². The molecule has 1 fully saturated rings. The van der Waals surface area contributed by atoms with E-state index in [0.29, 0.717) is 16.5 Å². The Labute approximate surface area is 135 Å². The van der Waals surface area contributed by atoms with Crippen molar-refractivity contribution in [2.24, 2.45) is 0 Å². The van der Waals surface area contributed by atoms with Crippen LogP contribution in [-0.2, 0) is 0 Å². The fourth-order valence-electron chi connectivity index (χ4n) is 3.10. The van der Waals surface area contributed by atoms with Gasteiger partial charge in [-0.05, 0) is 32.0 Å². The highest BCUT2D eigenvalue weighted by molar-refractivity contribution is 8.07. The summed E-state index contributed by atoms with van der Waals surface area (Å²) in [5, 5.41) is 6.01. The maximum atomic E-state index is 6.21. The zero-order chi connectivity index (χ0) is 14.8. The lowest BCUT2D eigenvalue weighted by Crippen LogP contribution is -2.37. The number of fused-ring (bicyclic) bond motifs is 1. The zero-order valence-electron chi connectivity index (χ0n) is 12.9.